The normalized spacial score (nSPS) is 18.7. The molecule has 3 rings (SSSR count). The highest BCUT2D eigenvalue weighted by Crippen LogP contribution is 2.27. The Kier molecular flexibility index (Phi) is 3.12. The highest BCUT2D eigenvalue weighted by molar-refractivity contribution is 5.46. The first-order valence-electron chi connectivity index (χ1n) is 6.15. The molecular weight excluding hydrogens is 249 g/mol. The lowest BCUT2D eigenvalue weighted by Crippen LogP contribution is -2.18. The molecule has 1 fully saturated rings. The largest absolute Gasteiger partial charge is 0.494 e. The van der Waals surface area contributed by atoms with Gasteiger partial charge in [-0.25, -0.2) is 4.39 Å². The van der Waals surface area contributed by atoms with E-state index in [1.54, 1.807) is 6.07 Å². The van der Waals surface area contributed by atoms with Gasteiger partial charge >= 0.3 is 0 Å². The molecule has 2 aromatic rings. The lowest BCUT2D eigenvalue weighted by molar-refractivity contribution is 0.409. The minimum atomic E-state index is -0.350. The first-order chi connectivity index (χ1) is 9.29. The average molecular weight is 263 g/mol. The molecular formula is C12H14FN5O. The second-order valence-electron chi connectivity index (χ2n) is 4.41. The smallest absolute Gasteiger partial charge is 0.173 e. The second-order valence-corrected chi connectivity index (χ2v) is 4.41. The van der Waals surface area contributed by atoms with E-state index in [4.69, 9.17) is 4.74 Å². The first-order valence-corrected chi connectivity index (χ1v) is 6.15. The summed E-state index contributed by atoms with van der Waals surface area (Å²) >= 11 is 0. The summed E-state index contributed by atoms with van der Waals surface area (Å²) in [7, 11) is 1.54. The molecule has 19 heavy (non-hydrogen) atoms. The Hall–Kier alpha value is -2.02. The zero-order valence-electron chi connectivity index (χ0n) is 10.5. The van der Waals surface area contributed by atoms with Gasteiger partial charge in [-0.3, -0.25) is 0 Å². The topological polar surface area (TPSA) is 64.9 Å². The number of aromatic nitrogens is 4. The predicted octanol–water partition coefficient (Wildman–Crippen LogP) is 1.23. The number of halogens is 1. The minimum absolute atomic E-state index is 0.1000. The molecule has 0 spiro atoms. The van der Waals surface area contributed by atoms with E-state index < -0.39 is 0 Å². The lowest BCUT2D eigenvalue weighted by atomic mass is 10.2. The third-order valence-corrected chi connectivity index (χ3v) is 3.23. The average Bonchev–Trinajstić information content (AvgIpc) is 3.09. The second kappa shape index (κ2) is 4.93. The van der Waals surface area contributed by atoms with Gasteiger partial charge in [-0.2, -0.15) is 4.68 Å². The van der Waals surface area contributed by atoms with Crippen LogP contribution in [0.3, 0.4) is 0 Å². The van der Waals surface area contributed by atoms with Crippen molar-refractivity contribution in [2.75, 3.05) is 13.7 Å². The summed E-state index contributed by atoms with van der Waals surface area (Å²) in [5.74, 6) is 0.867. The van der Waals surface area contributed by atoms with E-state index in [9.17, 15) is 4.39 Å². The van der Waals surface area contributed by atoms with Crippen molar-refractivity contribution in [1.29, 1.82) is 0 Å². The van der Waals surface area contributed by atoms with Crippen LogP contribution in [0.4, 0.5) is 4.39 Å². The van der Waals surface area contributed by atoms with Crippen molar-refractivity contribution >= 4 is 0 Å². The van der Waals surface area contributed by atoms with Gasteiger partial charge in [-0.1, -0.05) is 0 Å². The van der Waals surface area contributed by atoms with E-state index in [2.05, 4.69) is 20.8 Å². The molecule has 100 valence electrons. The molecule has 1 unspecified atom stereocenters. The quantitative estimate of drug-likeness (QED) is 0.902. The minimum Gasteiger partial charge on any atom is -0.494 e. The molecule has 0 radical (unpaired) electrons. The van der Waals surface area contributed by atoms with Crippen molar-refractivity contribution in [3.05, 3.63) is 29.8 Å². The Bertz CT molecular complexity index is 579. The van der Waals surface area contributed by atoms with Crippen molar-refractivity contribution < 1.29 is 9.13 Å². The number of tetrazole rings is 1. The standard InChI is InChI=1S/C12H14FN5O/c1-19-11-5-4-8(13)7-10(11)18-12(15-16-17-18)9-3-2-6-14-9/h4-5,7,9,14H,2-3,6H2,1H3. The van der Waals surface area contributed by atoms with Crippen LogP contribution >= 0.6 is 0 Å². The molecule has 1 N–H and O–H groups in total. The van der Waals surface area contributed by atoms with Gasteiger partial charge in [0.05, 0.1) is 13.2 Å². The van der Waals surface area contributed by atoms with Gasteiger partial charge in [0.15, 0.2) is 5.82 Å². The number of benzene rings is 1. The van der Waals surface area contributed by atoms with Crippen LogP contribution in [-0.4, -0.2) is 33.9 Å². The summed E-state index contributed by atoms with van der Waals surface area (Å²) in [6, 6.07) is 4.38. The molecule has 0 saturated carbocycles. The number of rotatable bonds is 3. The van der Waals surface area contributed by atoms with Gasteiger partial charge in [0.2, 0.25) is 0 Å². The Morgan fingerprint density at radius 2 is 2.37 bits per heavy atom. The number of nitrogens with one attached hydrogen (secondary N) is 1. The number of ether oxygens (including phenoxy) is 1. The highest BCUT2D eigenvalue weighted by atomic mass is 19.1. The first kappa shape index (κ1) is 12.0. The maximum Gasteiger partial charge on any atom is 0.173 e. The third-order valence-electron chi connectivity index (χ3n) is 3.23. The SMILES string of the molecule is COc1ccc(F)cc1-n1nnnc1C1CCCN1. The molecule has 2 heterocycles. The number of hydrogen-bond donors (Lipinski definition) is 1. The van der Waals surface area contributed by atoms with Crippen LogP contribution in [0.25, 0.3) is 5.69 Å². The number of nitrogens with zero attached hydrogens (tertiary/aromatic N) is 4. The van der Waals surface area contributed by atoms with Crippen molar-refractivity contribution in [2.45, 2.75) is 18.9 Å². The summed E-state index contributed by atoms with van der Waals surface area (Å²) in [6.07, 6.45) is 2.05. The molecule has 0 aliphatic carbocycles. The molecule has 6 nitrogen and oxygen atoms in total. The van der Waals surface area contributed by atoms with Crippen molar-refractivity contribution in [2.24, 2.45) is 0 Å². The van der Waals surface area contributed by atoms with Crippen LogP contribution in [0.1, 0.15) is 24.7 Å². The summed E-state index contributed by atoms with van der Waals surface area (Å²) in [5, 5.41) is 15.0. The molecule has 1 aromatic carbocycles. The number of hydrogen-bond acceptors (Lipinski definition) is 5. The fourth-order valence-electron chi connectivity index (χ4n) is 2.32. The fourth-order valence-corrected chi connectivity index (χ4v) is 2.32. The molecule has 1 aliphatic rings. The monoisotopic (exact) mass is 263 g/mol. The molecule has 7 heteroatoms. The van der Waals surface area contributed by atoms with Gasteiger partial charge in [-0.05, 0) is 41.9 Å². The van der Waals surface area contributed by atoms with Crippen molar-refractivity contribution in [3.8, 4) is 11.4 Å². The van der Waals surface area contributed by atoms with Gasteiger partial charge < -0.3 is 10.1 Å². The van der Waals surface area contributed by atoms with E-state index in [1.807, 2.05) is 0 Å². The molecule has 0 bridgehead atoms. The van der Waals surface area contributed by atoms with Crippen molar-refractivity contribution in [1.82, 2.24) is 25.5 Å². The predicted molar refractivity (Wildman–Crippen MR) is 65.6 cm³/mol. The Balaban J connectivity index is 2.07. The van der Waals surface area contributed by atoms with Gasteiger partial charge in [0, 0.05) is 6.07 Å². The number of methoxy groups -OCH3 is 1. The molecule has 1 atom stereocenters. The van der Waals surface area contributed by atoms with E-state index in [1.165, 1.54) is 23.9 Å². The van der Waals surface area contributed by atoms with E-state index in [0.717, 1.165) is 19.4 Å². The summed E-state index contributed by atoms with van der Waals surface area (Å²) in [5.41, 5.74) is 0.510. The summed E-state index contributed by atoms with van der Waals surface area (Å²) in [4.78, 5) is 0. The van der Waals surface area contributed by atoms with Crippen LogP contribution in [0, 0.1) is 5.82 Å². The van der Waals surface area contributed by atoms with E-state index in [-0.39, 0.29) is 11.9 Å². The maximum atomic E-state index is 13.4. The summed E-state index contributed by atoms with van der Waals surface area (Å²) < 4.78 is 20.2. The molecule has 1 aliphatic heterocycles. The van der Waals surface area contributed by atoms with Gasteiger partial charge in [0.25, 0.3) is 0 Å². The van der Waals surface area contributed by atoms with Gasteiger partial charge in [-0.15, -0.1) is 5.10 Å². The Morgan fingerprint density at radius 3 is 3.11 bits per heavy atom. The maximum absolute atomic E-state index is 13.4. The van der Waals surface area contributed by atoms with E-state index in [0.29, 0.717) is 17.3 Å². The van der Waals surface area contributed by atoms with Crippen molar-refractivity contribution in [3.63, 3.8) is 0 Å². The Morgan fingerprint density at radius 1 is 1.47 bits per heavy atom. The summed E-state index contributed by atoms with van der Waals surface area (Å²) in [6.45, 7) is 0.942. The zero-order chi connectivity index (χ0) is 13.2. The van der Waals surface area contributed by atoms with Crippen LogP contribution in [-0.2, 0) is 0 Å². The molecule has 1 aromatic heterocycles. The van der Waals surface area contributed by atoms with Crippen LogP contribution in [0.5, 0.6) is 5.75 Å². The van der Waals surface area contributed by atoms with Crippen LogP contribution < -0.4 is 10.1 Å². The lowest BCUT2D eigenvalue weighted by Gasteiger charge is -2.13. The fraction of sp³-hybridized carbons (Fsp3) is 0.417. The molecule has 1 saturated heterocycles. The highest BCUT2D eigenvalue weighted by Gasteiger charge is 2.24. The van der Waals surface area contributed by atoms with Gasteiger partial charge in [0.1, 0.15) is 17.3 Å². The van der Waals surface area contributed by atoms with E-state index >= 15 is 0 Å². The third kappa shape index (κ3) is 2.17. The zero-order valence-corrected chi connectivity index (χ0v) is 10.5. The Labute approximate surface area is 109 Å². The van der Waals surface area contributed by atoms with Crippen LogP contribution in [0.2, 0.25) is 0 Å². The molecule has 0 amide bonds. The van der Waals surface area contributed by atoms with Crippen LogP contribution in [0.15, 0.2) is 18.2 Å².